The number of ketones is 1. The van der Waals surface area contributed by atoms with Crippen molar-refractivity contribution in [3.05, 3.63) is 71.8 Å². The first-order valence-electron chi connectivity index (χ1n) is 14.2. The maximum atomic E-state index is 13.0. The molecule has 1 heterocycles. The largest absolute Gasteiger partial charge is 0.445 e. The van der Waals surface area contributed by atoms with Crippen LogP contribution in [-0.4, -0.2) is 71.6 Å². The van der Waals surface area contributed by atoms with Crippen LogP contribution in [0.5, 0.6) is 0 Å². The van der Waals surface area contributed by atoms with Crippen molar-refractivity contribution >= 4 is 35.5 Å². The zero-order chi connectivity index (χ0) is 31.5. The summed E-state index contributed by atoms with van der Waals surface area (Å²) in [5.41, 5.74) is 7.08. The lowest BCUT2D eigenvalue weighted by Gasteiger charge is -2.38. The van der Waals surface area contributed by atoms with Crippen LogP contribution in [0.2, 0.25) is 0 Å². The maximum absolute atomic E-state index is 13.0. The second-order valence-electron chi connectivity index (χ2n) is 11.0. The Morgan fingerprint density at radius 2 is 1.42 bits per heavy atom. The van der Waals surface area contributed by atoms with E-state index in [-0.39, 0.29) is 38.5 Å². The van der Waals surface area contributed by atoms with Crippen LogP contribution in [0.4, 0.5) is 4.79 Å². The van der Waals surface area contributed by atoms with E-state index in [4.69, 9.17) is 10.5 Å². The quantitative estimate of drug-likeness (QED) is 0.237. The molecule has 43 heavy (non-hydrogen) atoms. The third kappa shape index (κ3) is 9.94. The number of Topliss-reactive ketones (excluding diaryl/α,β-unsaturated/α-hetero) is 1. The standard InChI is InChI=1S/C31H39N5O7/c1-19(2)14-25(35-31(42)43-18-22-12-8-5-9-13-22)29(40)33-20(3)26(37)30(41)36-16-23(17-36)28(39)34-24(27(32)38)15-21-10-6-4-7-11-21/h4-13,19-20,23-25H,14-18H2,1-3H3,(H2,32,38)(H,33,40)(H,34,39)(H,35,42)/t20?,24-,25-/m0/s1. The number of amides is 5. The summed E-state index contributed by atoms with van der Waals surface area (Å²) >= 11 is 0. The molecule has 1 aliphatic rings. The predicted octanol–water partition coefficient (Wildman–Crippen LogP) is 1.07. The molecule has 2 aromatic carbocycles. The summed E-state index contributed by atoms with van der Waals surface area (Å²) in [6, 6.07) is 15.1. The fourth-order valence-electron chi connectivity index (χ4n) is 4.50. The van der Waals surface area contributed by atoms with E-state index in [0.29, 0.717) is 0 Å². The Kier molecular flexibility index (Phi) is 11.8. The van der Waals surface area contributed by atoms with Crippen molar-refractivity contribution in [2.45, 2.75) is 58.3 Å². The van der Waals surface area contributed by atoms with Gasteiger partial charge in [0.1, 0.15) is 18.7 Å². The van der Waals surface area contributed by atoms with Gasteiger partial charge < -0.3 is 31.3 Å². The third-order valence-electron chi connectivity index (χ3n) is 6.97. The number of ether oxygens (including phenoxy) is 1. The molecule has 12 nitrogen and oxygen atoms in total. The van der Waals surface area contributed by atoms with Gasteiger partial charge in [-0.1, -0.05) is 74.5 Å². The van der Waals surface area contributed by atoms with E-state index in [1.54, 1.807) is 12.1 Å². The topological polar surface area (TPSA) is 177 Å². The fourth-order valence-corrected chi connectivity index (χ4v) is 4.50. The van der Waals surface area contributed by atoms with Crippen LogP contribution in [0.1, 0.15) is 38.3 Å². The number of carbonyl (C=O) groups is 6. The van der Waals surface area contributed by atoms with Gasteiger partial charge in [-0.25, -0.2) is 4.79 Å². The van der Waals surface area contributed by atoms with Crippen LogP contribution in [-0.2, 0) is 41.7 Å². The number of hydrogen-bond donors (Lipinski definition) is 4. The summed E-state index contributed by atoms with van der Waals surface area (Å²) in [6.45, 7) is 5.12. The summed E-state index contributed by atoms with van der Waals surface area (Å²) < 4.78 is 5.21. The van der Waals surface area contributed by atoms with Crippen molar-refractivity contribution in [1.29, 1.82) is 0 Å². The first kappa shape index (κ1) is 32.8. The lowest BCUT2D eigenvalue weighted by molar-refractivity contribution is -0.152. The minimum absolute atomic E-state index is 0.0152. The van der Waals surface area contributed by atoms with Gasteiger partial charge in [0.2, 0.25) is 23.5 Å². The SMILES string of the molecule is CC(C)C[C@H](NC(=O)OCc1ccccc1)C(=O)NC(C)C(=O)C(=O)N1CC(C(=O)N[C@@H](Cc2ccccc2)C(N)=O)C1. The number of likely N-dealkylation sites (tertiary alicyclic amines) is 1. The molecule has 1 unspecified atom stereocenters. The molecule has 1 aliphatic heterocycles. The van der Waals surface area contributed by atoms with E-state index < -0.39 is 59.5 Å². The zero-order valence-electron chi connectivity index (χ0n) is 24.6. The molecule has 2 aromatic rings. The van der Waals surface area contributed by atoms with E-state index in [1.807, 2.05) is 62.4 Å². The van der Waals surface area contributed by atoms with Gasteiger partial charge in [0, 0.05) is 19.5 Å². The average molecular weight is 594 g/mol. The Bertz CT molecular complexity index is 1300. The molecule has 5 amide bonds. The normalized spacial score (nSPS) is 14.9. The van der Waals surface area contributed by atoms with Crippen molar-refractivity contribution in [2.75, 3.05) is 13.1 Å². The number of alkyl carbamates (subject to hydrolysis) is 1. The smallest absolute Gasteiger partial charge is 0.408 e. The second kappa shape index (κ2) is 15.5. The first-order valence-corrected chi connectivity index (χ1v) is 14.2. The minimum atomic E-state index is -1.17. The molecule has 1 saturated heterocycles. The van der Waals surface area contributed by atoms with Crippen molar-refractivity contribution in [3.8, 4) is 0 Å². The van der Waals surface area contributed by atoms with Crippen LogP contribution in [0.3, 0.4) is 0 Å². The van der Waals surface area contributed by atoms with Crippen molar-refractivity contribution in [3.63, 3.8) is 0 Å². The molecule has 12 heteroatoms. The molecule has 0 aliphatic carbocycles. The number of benzene rings is 2. The predicted molar refractivity (Wildman–Crippen MR) is 157 cm³/mol. The van der Waals surface area contributed by atoms with Crippen LogP contribution in [0, 0.1) is 11.8 Å². The Hall–Kier alpha value is -4.74. The van der Waals surface area contributed by atoms with Crippen molar-refractivity contribution < 1.29 is 33.5 Å². The van der Waals surface area contributed by atoms with Gasteiger partial charge in [-0.05, 0) is 30.4 Å². The van der Waals surface area contributed by atoms with E-state index in [2.05, 4.69) is 16.0 Å². The molecule has 230 valence electrons. The number of nitrogens with one attached hydrogen (secondary N) is 3. The molecule has 0 radical (unpaired) electrons. The molecular weight excluding hydrogens is 554 g/mol. The highest BCUT2D eigenvalue weighted by Crippen LogP contribution is 2.17. The van der Waals surface area contributed by atoms with Crippen LogP contribution >= 0.6 is 0 Å². The molecule has 1 fully saturated rings. The number of hydrogen-bond acceptors (Lipinski definition) is 7. The Morgan fingerprint density at radius 1 is 0.837 bits per heavy atom. The van der Waals surface area contributed by atoms with Crippen LogP contribution < -0.4 is 21.7 Å². The van der Waals surface area contributed by atoms with Crippen LogP contribution in [0.25, 0.3) is 0 Å². The van der Waals surface area contributed by atoms with Gasteiger partial charge in [0.05, 0.1) is 12.0 Å². The average Bonchev–Trinajstić information content (AvgIpc) is 2.94. The molecule has 3 atom stereocenters. The summed E-state index contributed by atoms with van der Waals surface area (Å²) in [5.74, 6) is -4.04. The van der Waals surface area contributed by atoms with Crippen molar-refractivity contribution in [1.82, 2.24) is 20.9 Å². The molecule has 0 spiro atoms. The summed E-state index contributed by atoms with van der Waals surface area (Å²) in [6.07, 6.45) is -0.280. The van der Waals surface area contributed by atoms with E-state index in [0.717, 1.165) is 11.1 Å². The highest BCUT2D eigenvalue weighted by Gasteiger charge is 2.40. The fraction of sp³-hybridized carbons (Fsp3) is 0.419. The van der Waals surface area contributed by atoms with Gasteiger partial charge in [0.25, 0.3) is 5.91 Å². The third-order valence-corrected chi connectivity index (χ3v) is 6.97. The van der Waals surface area contributed by atoms with Gasteiger partial charge >= 0.3 is 6.09 Å². The lowest BCUT2D eigenvalue weighted by atomic mass is 9.96. The first-order chi connectivity index (χ1) is 20.4. The number of nitrogens with two attached hydrogens (primary N) is 1. The summed E-state index contributed by atoms with van der Waals surface area (Å²) in [7, 11) is 0. The highest BCUT2D eigenvalue weighted by molar-refractivity contribution is 6.38. The maximum Gasteiger partial charge on any atom is 0.408 e. The van der Waals surface area contributed by atoms with Gasteiger partial charge in [0.15, 0.2) is 0 Å². The van der Waals surface area contributed by atoms with E-state index >= 15 is 0 Å². The zero-order valence-corrected chi connectivity index (χ0v) is 24.6. The Morgan fingerprint density at radius 3 is 1.98 bits per heavy atom. The molecule has 5 N–H and O–H groups in total. The Labute approximate surface area is 250 Å². The van der Waals surface area contributed by atoms with Gasteiger partial charge in [-0.2, -0.15) is 0 Å². The molecule has 0 saturated carbocycles. The minimum Gasteiger partial charge on any atom is -0.445 e. The lowest BCUT2D eigenvalue weighted by Crippen LogP contribution is -2.61. The highest BCUT2D eigenvalue weighted by atomic mass is 16.5. The molecule has 0 bridgehead atoms. The van der Waals surface area contributed by atoms with Gasteiger partial charge in [-0.3, -0.25) is 24.0 Å². The van der Waals surface area contributed by atoms with E-state index in [9.17, 15) is 28.8 Å². The molecule has 3 rings (SSSR count). The molecule has 0 aromatic heterocycles. The van der Waals surface area contributed by atoms with Crippen molar-refractivity contribution in [2.24, 2.45) is 17.6 Å². The number of nitrogens with zero attached hydrogens (tertiary/aromatic N) is 1. The number of rotatable bonds is 14. The van der Waals surface area contributed by atoms with Crippen LogP contribution in [0.15, 0.2) is 60.7 Å². The Balaban J connectivity index is 1.47. The summed E-state index contributed by atoms with van der Waals surface area (Å²) in [4.78, 5) is 76.7. The van der Waals surface area contributed by atoms with Gasteiger partial charge in [-0.15, -0.1) is 0 Å². The molecular formula is C31H39N5O7. The van der Waals surface area contributed by atoms with E-state index in [1.165, 1.54) is 11.8 Å². The summed E-state index contributed by atoms with van der Waals surface area (Å²) in [5, 5.41) is 7.67. The number of carbonyl (C=O) groups excluding carboxylic acids is 6. The monoisotopic (exact) mass is 593 g/mol. The second-order valence-corrected chi connectivity index (χ2v) is 11.0. The number of primary amides is 1.